The van der Waals surface area contributed by atoms with Crippen LogP contribution in [0.4, 0.5) is 5.82 Å². The molecule has 4 N–H and O–H groups in total. The Balaban J connectivity index is 1.20. The van der Waals surface area contributed by atoms with E-state index in [0.29, 0.717) is 18.7 Å². The standard InChI is InChI=1S/C33H36N6O2/c1-21(29-18-24-9-5-7-11-27(24)36-29)38(3)31(40)15-13-23-17-26(33(34)35-20-23)14-16-32(41)39(4)22(2)30-19-25-10-6-8-12-28(25)37-30/h5-13,15,17-22,36-37H,14,16H2,1-4H3,(H2,34,35)/b15-13+. The van der Waals surface area contributed by atoms with Gasteiger partial charge < -0.3 is 25.5 Å². The number of nitrogen functional groups attached to an aromatic ring is 1. The first-order chi connectivity index (χ1) is 19.7. The van der Waals surface area contributed by atoms with Crippen molar-refractivity contribution in [3.63, 3.8) is 0 Å². The minimum atomic E-state index is -0.130. The van der Waals surface area contributed by atoms with E-state index in [4.69, 9.17) is 5.73 Å². The zero-order valence-electron chi connectivity index (χ0n) is 23.9. The molecule has 0 spiro atoms. The number of carbonyl (C=O) groups is 2. The molecule has 5 aromatic rings. The molecule has 0 saturated carbocycles. The number of para-hydroxylation sites is 2. The second-order valence-corrected chi connectivity index (χ2v) is 10.6. The van der Waals surface area contributed by atoms with Gasteiger partial charge in [0.05, 0.1) is 12.1 Å². The molecule has 3 aromatic heterocycles. The number of hydrogen-bond acceptors (Lipinski definition) is 4. The van der Waals surface area contributed by atoms with Crippen molar-refractivity contribution in [1.29, 1.82) is 0 Å². The SMILES string of the molecule is CC(c1cc2ccccc2[nH]1)N(C)C(=O)/C=C/c1cnc(N)c(CCC(=O)N(C)C(C)c2cc3ccccc3[nH]2)c1. The average molecular weight is 549 g/mol. The van der Waals surface area contributed by atoms with Crippen LogP contribution in [-0.2, 0) is 16.0 Å². The lowest BCUT2D eigenvalue weighted by molar-refractivity contribution is -0.131. The van der Waals surface area contributed by atoms with E-state index in [-0.39, 0.29) is 23.9 Å². The van der Waals surface area contributed by atoms with Gasteiger partial charge in [0, 0.05) is 55.2 Å². The van der Waals surface area contributed by atoms with Crippen molar-refractivity contribution in [1.82, 2.24) is 24.8 Å². The molecule has 0 aliphatic carbocycles. The van der Waals surface area contributed by atoms with Crippen molar-refractivity contribution in [2.75, 3.05) is 19.8 Å². The lowest BCUT2D eigenvalue weighted by atomic mass is 10.1. The Kier molecular flexibility index (Phi) is 7.92. The fraction of sp³-hybridized carbons (Fsp3) is 0.242. The summed E-state index contributed by atoms with van der Waals surface area (Å²) in [7, 11) is 3.60. The zero-order valence-corrected chi connectivity index (χ0v) is 23.9. The van der Waals surface area contributed by atoms with Crippen LogP contribution in [0.1, 0.15) is 54.9 Å². The summed E-state index contributed by atoms with van der Waals surface area (Å²) in [6.07, 6.45) is 5.66. The molecular weight excluding hydrogens is 512 g/mol. The molecule has 0 fully saturated rings. The number of pyridine rings is 1. The Bertz CT molecular complexity index is 1670. The van der Waals surface area contributed by atoms with Crippen LogP contribution in [0.25, 0.3) is 27.9 Å². The summed E-state index contributed by atoms with van der Waals surface area (Å²) < 4.78 is 0. The highest BCUT2D eigenvalue weighted by Crippen LogP contribution is 2.25. The van der Waals surface area contributed by atoms with Crippen molar-refractivity contribution < 1.29 is 9.59 Å². The van der Waals surface area contributed by atoms with Gasteiger partial charge in [0.2, 0.25) is 11.8 Å². The van der Waals surface area contributed by atoms with Gasteiger partial charge >= 0.3 is 0 Å². The normalized spacial score (nSPS) is 13.1. The molecule has 2 aromatic carbocycles. The van der Waals surface area contributed by atoms with Crippen LogP contribution in [0, 0.1) is 0 Å². The highest BCUT2D eigenvalue weighted by molar-refractivity contribution is 5.92. The summed E-state index contributed by atoms with van der Waals surface area (Å²) in [6.45, 7) is 4.00. The summed E-state index contributed by atoms with van der Waals surface area (Å²) in [5.41, 5.74) is 11.7. The monoisotopic (exact) mass is 548 g/mol. The molecule has 0 aliphatic heterocycles. The summed E-state index contributed by atoms with van der Waals surface area (Å²) in [5.74, 6) is 0.272. The number of amides is 2. The number of rotatable bonds is 9. The number of aryl methyl sites for hydroxylation is 1. The van der Waals surface area contributed by atoms with E-state index in [9.17, 15) is 9.59 Å². The first-order valence-corrected chi connectivity index (χ1v) is 13.8. The van der Waals surface area contributed by atoms with E-state index in [1.165, 1.54) is 6.08 Å². The second-order valence-electron chi connectivity index (χ2n) is 10.6. The van der Waals surface area contributed by atoms with Gasteiger partial charge in [0.25, 0.3) is 0 Å². The molecule has 8 heteroatoms. The van der Waals surface area contributed by atoms with E-state index < -0.39 is 0 Å². The maximum Gasteiger partial charge on any atom is 0.246 e. The Morgan fingerprint density at radius 3 is 2.02 bits per heavy atom. The van der Waals surface area contributed by atoms with E-state index in [2.05, 4.69) is 33.2 Å². The van der Waals surface area contributed by atoms with Gasteiger partial charge in [0.1, 0.15) is 5.82 Å². The highest BCUT2D eigenvalue weighted by atomic mass is 16.2. The number of H-pyrrole nitrogens is 2. The summed E-state index contributed by atoms with van der Waals surface area (Å²) in [4.78, 5) is 40.6. The fourth-order valence-corrected chi connectivity index (χ4v) is 5.00. The van der Waals surface area contributed by atoms with Gasteiger partial charge in [-0.2, -0.15) is 0 Å². The predicted molar refractivity (Wildman–Crippen MR) is 165 cm³/mol. The molecule has 2 atom stereocenters. The van der Waals surface area contributed by atoms with E-state index in [1.54, 1.807) is 29.1 Å². The Labute approximate surface area is 239 Å². The lowest BCUT2D eigenvalue weighted by Gasteiger charge is -2.24. The average Bonchev–Trinajstić information content (AvgIpc) is 3.62. The molecule has 5 rings (SSSR count). The maximum absolute atomic E-state index is 13.1. The molecule has 8 nitrogen and oxygen atoms in total. The van der Waals surface area contributed by atoms with E-state index in [0.717, 1.165) is 44.3 Å². The number of fused-ring (bicyclic) bond motifs is 2. The predicted octanol–water partition coefficient (Wildman–Crippen LogP) is 6.01. The number of likely N-dealkylation sites (N-methyl/N-ethyl adjacent to an activating group) is 1. The van der Waals surface area contributed by atoms with Crippen molar-refractivity contribution in [3.8, 4) is 0 Å². The molecule has 2 unspecified atom stereocenters. The largest absolute Gasteiger partial charge is 0.383 e. The minimum Gasteiger partial charge on any atom is -0.383 e. The number of nitrogens with one attached hydrogen (secondary N) is 2. The van der Waals surface area contributed by atoms with Gasteiger partial charge in [-0.15, -0.1) is 0 Å². The smallest absolute Gasteiger partial charge is 0.246 e. The Morgan fingerprint density at radius 2 is 1.44 bits per heavy atom. The van der Waals surface area contributed by atoms with Crippen molar-refractivity contribution in [2.24, 2.45) is 0 Å². The molecule has 2 amide bonds. The summed E-state index contributed by atoms with van der Waals surface area (Å²) in [5, 5.41) is 2.24. The van der Waals surface area contributed by atoms with Crippen molar-refractivity contribution >= 4 is 45.5 Å². The summed E-state index contributed by atoms with van der Waals surface area (Å²) in [6, 6.07) is 21.9. The number of nitrogens with two attached hydrogens (primary N) is 1. The van der Waals surface area contributed by atoms with E-state index >= 15 is 0 Å². The molecular formula is C33H36N6O2. The van der Waals surface area contributed by atoms with Gasteiger partial charge in [-0.05, 0) is 78.6 Å². The topological polar surface area (TPSA) is 111 Å². The number of carbonyl (C=O) groups excluding carboxylic acids is 2. The molecule has 0 aliphatic rings. The number of anilines is 1. The number of aromatic amines is 2. The molecule has 0 saturated heterocycles. The number of nitrogens with zero attached hydrogens (tertiary/aromatic N) is 3. The third-order valence-corrected chi connectivity index (χ3v) is 7.95. The lowest BCUT2D eigenvalue weighted by Crippen LogP contribution is -2.30. The van der Waals surface area contributed by atoms with Crippen molar-refractivity contribution in [2.45, 2.75) is 38.8 Å². The van der Waals surface area contributed by atoms with Crippen molar-refractivity contribution in [3.05, 3.63) is 102 Å². The Morgan fingerprint density at radius 1 is 0.878 bits per heavy atom. The first-order valence-electron chi connectivity index (χ1n) is 13.8. The molecule has 210 valence electrons. The number of aromatic nitrogens is 3. The van der Waals surface area contributed by atoms with Gasteiger partial charge in [-0.1, -0.05) is 36.4 Å². The van der Waals surface area contributed by atoms with Crippen LogP contribution >= 0.6 is 0 Å². The molecule has 3 heterocycles. The zero-order chi connectivity index (χ0) is 29.1. The molecule has 41 heavy (non-hydrogen) atoms. The molecule has 0 bridgehead atoms. The van der Waals surface area contributed by atoms with Crippen LogP contribution in [-0.4, -0.2) is 50.7 Å². The van der Waals surface area contributed by atoms with Gasteiger partial charge in [-0.25, -0.2) is 4.98 Å². The minimum absolute atomic E-state index is 0.0132. The fourth-order valence-electron chi connectivity index (χ4n) is 5.00. The van der Waals surface area contributed by atoms with Crippen LogP contribution in [0.2, 0.25) is 0 Å². The van der Waals surface area contributed by atoms with Crippen LogP contribution < -0.4 is 5.73 Å². The summed E-state index contributed by atoms with van der Waals surface area (Å²) >= 11 is 0. The second kappa shape index (κ2) is 11.7. The number of benzene rings is 2. The van der Waals surface area contributed by atoms with E-state index in [1.807, 2.05) is 69.4 Å². The number of hydrogen-bond donors (Lipinski definition) is 3. The first kappa shape index (κ1) is 27.7. The van der Waals surface area contributed by atoms with Crippen LogP contribution in [0.3, 0.4) is 0 Å². The van der Waals surface area contributed by atoms with Gasteiger partial charge in [-0.3, -0.25) is 9.59 Å². The maximum atomic E-state index is 13.1. The third kappa shape index (κ3) is 6.01. The van der Waals surface area contributed by atoms with Crippen LogP contribution in [0.5, 0.6) is 0 Å². The third-order valence-electron chi connectivity index (χ3n) is 7.95. The Hall–Kier alpha value is -4.85. The van der Waals surface area contributed by atoms with Crippen LogP contribution in [0.15, 0.2) is 79.0 Å². The van der Waals surface area contributed by atoms with Gasteiger partial charge in [0.15, 0.2) is 0 Å². The molecule has 0 radical (unpaired) electrons. The quantitative estimate of drug-likeness (QED) is 0.196. The highest BCUT2D eigenvalue weighted by Gasteiger charge is 2.20.